The molecule has 0 saturated heterocycles. The molecule has 1 heterocycles. The van der Waals surface area contributed by atoms with Gasteiger partial charge >= 0.3 is 5.97 Å². The number of hydrogen-bond donors (Lipinski definition) is 2. The maximum atomic E-state index is 11.9. The van der Waals surface area contributed by atoms with Crippen molar-refractivity contribution < 1.29 is 14.3 Å². The molecule has 1 aromatic carbocycles. The molecule has 0 bridgehead atoms. The molecule has 0 spiro atoms. The number of amides is 1. The van der Waals surface area contributed by atoms with Crippen LogP contribution in [0.25, 0.3) is 0 Å². The second kappa shape index (κ2) is 8.65. The van der Waals surface area contributed by atoms with Gasteiger partial charge in [0.1, 0.15) is 11.4 Å². The summed E-state index contributed by atoms with van der Waals surface area (Å²) < 4.78 is 4.84. The summed E-state index contributed by atoms with van der Waals surface area (Å²) >= 11 is 1.08. The second-order valence-electron chi connectivity index (χ2n) is 4.70. The van der Waals surface area contributed by atoms with Gasteiger partial charge in [-0.15, -0.1) is 0 Å². The molecular formula is C16H15N5O3S. The number of aromatic nitrogens is 2. The van der Waals surface area contributed by atoms with E-state index in [4.69, 9.17) is 15.7 Å². The molecule has 0 unspecified atom stereocenters. The van der Waals surface area contributed by atoms with Crippen LogP contribution < -0.4 is 11.1 Å². The molecule has 0 fully saturated rings. The zero-order chi connectivity index (χ0) is 18.2. The van der Waals surface area contributed by atoms with Crippen molar-refractivity contribution in [2.24, 2.45) is 0 Å². The van der Waals surface area contributed by atoms with Crippen LogP contribution in [0.4, 0.5) is 11.5 Å². The van der Waals surface area contributed by atoms with Gasteiger partial charge in [0.25, 0.3) is 0 Å². The zero-order valence-corrected chi connectivity index (χ0v) is 14.2. The number of rotatable bonds is 6. The number of benzene rings is 1. The molecule has 8 nitrogen and oxygen atoms in total. The number of anilines is 2. The maximum absolute atomic E-state index is 11.9. The van der Waals surface area contributed by atoms with Gasteiger partial charge in [-0.2, -0.15) is 5.26 Å². The maximum Gasteiger partial charge on any atom is 0.343 e. The first kappa shape index (κ1) is 18.2. The van der Waals surface area contributed by atoms with Crippen molar-refractivity contribution in [2.45, 2.75) is 12.1 Å². The lowest BCUT2D eigenvalue weighted by atomic mass is 10.2. The first-order valence-corrected chi connectivity index (χ1v) is 8.24. The van der Waals surface area contributed by atoms with Crippen LogP contribution >= 0.6 is 11.8 Å². The van der Waals surface area contributed by atoms with Crippen molar-refractivity contribution in [1.82, 2.24) is 9.97 Å². The molecule has 0 saturated carbocycles. The van der Waals surface area contributed by atoms with Crippen LogP contribution in [0.2, 0.25) is 0 Å². The predicted molar refractivity (Wildman–Crippen MR) is 92.9 cm³/mol. The zero-order valence-electron chi connectivity index (χ0n) is 13.4. The number of esters is 1. The van der Waals surface area contributed by atoms with Gasteiger partial charge in [-0.05, 0) is 31.2 Å². The molecule has 0 aliphatic heterocycles. The van der Waals surface area contributed by atoms with Crippen molar-refractivity contribution in [3.05, 3.63) is 41.6 Å². The lowest BCUT2D eigenvalue weighted by Gasteiger charge is -2.07. The Bertz CT molecular complexity index is 818. The van der Waals surface area contributed by atoms with E-state index in [0.717, 1.165) is 11.8 Å². The van der Waals surface area contributed by atoms with Crippen LogP contribution in [0.5, 0.6) is 0 Å². The highest BCUT2D eigenvalue weighted by Crippen LogP contribution is 2.18. The smallest absolute Gasteiger partial charge is 0.343 e. The Morgan fingerprint density at radius 1 is 1.36 bits per heavy atom. The van der Waals surface area contributed by atoms with Gasteiger partial charge in [0.15, 0.2) is 5.16 Å². The summed E-state index contributed by atoms with van der Waals surface area (Å²) in [6.07, 6.45) is 1.28. The molecule has 128 valence electrons. The van der Waals surface area contributed by atoms with Crippen LogP contribution in [-0.2, 0) is 9.53 Å². The lowest BCUT2D eigenvalue weighted by molar-refractivity contribution is -0.113. The molecule has 0 radical (unpaired) electrons. The predicted octanol–water partition coefficient (Wildman–Crippen LogP) is 1.84. The fourth-order valence-corrected chi connectivity index (χ4v) is 2.39. The van der Waals surface area contributed by atoms with Crippen molar-refractivity contribution >= 4 is 35.1 Å². The number of carbonyl (C=O) groups excluding carboxylic acids is 2. The standard InChI is InChI=1S/C16H15N5O3S/c1-2-24-15(23)12-8-19-16(21-14(12)18)25-9-13(22)20-11-5-3-10(7-17)4-6-11/h3-6,8H,2,9H2,1H3,(H,20,22)(H2,18,19,21). The molecule has 25 heavy (non-hydrogen) atoms. The van der Waals surface area contributed by atoms with Crippen molar-refractivity contribution in [2.75, 3.05) is 23.4 Å². The van der Waals surface area contributed by atoms with Gasteiger partial charge in [-0.1, -0.05) is 11.8 Å². The molecule has 1 aromatic heterocycles. The lowest BCUT2D eigenvalue weighted by Crippen LogP contribution is -2.15. The third-order valence-electron chi connectivity index (χ3n) is 2.92. The molecule has 0 aliphatic rings. The SMILES string of the molecule is CCOC(=O)c1cnc(SCC(=O)Nc2ccc(C#N)cc2)nc1N. The molecule has 3 N–H and O–H groups in total. The third-order valence-corrected chi connectivity index (χ3v) is 3.78. The van der Waals surface area contributed by atoms with Gasteiger partial charge in [-0.3, -0.25) is 4.79 Å². The number of thioether (sulfide) groups is 1. The van der Waals surface area contributed by atoms with E-state index >= 15 is 0 Å². The van der Waals surface area contributed by atoms with Crippen LogP contribution in [0.15, 0.2) is 35.6 Å². The number of carbonyl (C=O) groups is 2. The quantitative estimate of drug-likeness (QED) is 0.455. The molecule has 0 atom stereocenters. The first-order chi connectivity index (χ1) is 12.0. The van der Waals surface area contributed by atoms with E-state index in [0.29, 0.717) is 11.3 Å². The summed E-state index contributed by atoms with van der Waals surface area (Å²) in [6.45, 7) is 1.91. The van der Waals surface area contributed by atoms with E-state index in [2.05, 4.69) is 15.3 Å². The molecule has 2 rings (SSSR count). The Hall–Kier alpha value is -3.12. The minimum absolute atomic E-state index is 0.00319. The van der Waals surface area contributed by atoms with Gasteiger partial charge in [0.2, 0.25) is 5.91 Å². The highest BCUT2D eigenvalue weighted by molar-refractivity contribution is 7.99. The van der Waals surface area contributed by atoms with E-state index in [-0.39, 0.29) is 34.8 Å². The van der Waals surface area contributed by atoms with Crippen LogP contribution in [0, 0.1) is 11.3 Å². The molecular weight excluding hydrogens is 342 g/mol. The number of nitriles is 1. The Morgan fingerprint density at radius 3 is 2.68 bits per heavy atom. The largest absolute Gasteiger partial charge is 0.462 e. The third kappa shape index (κ3) is 5.19. The molecule has 0 aliphatic carbocycles. The minimum Gasteiger partial charge on any atom is -0.462 e. The number of ether oxygens (including phenoxy) is 1. The van der Waals surface area contributed by atoms with E-state index in [1.54, 1.807) is 31.2 Å². The van der Waals surface area contributed by atoms with E-state index in [1.807, 2.05) is 6.07 Å². The Balaban J connectivity index is 1.92. The average molecular weight is 357 g/mol. The van der Waals surface area contributed by atoms with E-state index in [9.17, 15) is 9.59 Å². The topological polar surface area (TPSA) is 131 Å². The highest BCUT2D eigenvalue weighted by atomic mass is 32.2. The fourth-order valence-electron chi connectivity index (χ4n) is 1.77. The van der Waals surface area contributed by atoms with Crippen molar-refractivity contribution in [3.63, 3.8) is 0 Å². The minimum atomic E-state index is -0.588. The normalized spacial score (nSPS) is 9.92. The second-order valence-corrected chi connectivity index (χ2v) is 5.64. The Kier molecular flexibility index (Phi) is 6.31. The van der Waals surface area contributed by atoms with Crippen LogP contribution in [-0.4, -0.2) is 34.2 Å². The van der Waals surface area contributed by atoms with Crippen LogP contribution in [0.1, 0.15) is 22.8 Å². The summed E-state index contributed by atoms with van der Waals surface area (Å²) in [6, 6.07) is 8.51. The number of nitrogen functional groups attached to an aromatic ring is 1. The van der Waals surface area contributed by atoms with Gasteiger partial charge in [-0.25, -0.2) is 14.8 Å². The Labute approximate surface area is 148 Å². The van der Waals surface area contributed by atoms with E-state index in [1.165, 1.54) is 6.20 Å². The van der Waals surface area contributed by atoms with Gasteiger partial charge in [0, 0.05) is 11.9 Å². The van der Waals surface area contributed by atoms with Crippen molar-refractivity contribution in [3.8, 4) is 6.07 Å². The van der Waals surface area contributed by atoms with Gasteiger partial charge in [0.05, 0.1) is 24.0 Å². The fraction of sp³-hybridized carbons (Fsp3) is 0.188. The number of nitrogens with zero attached hydrogens (tertiary/aromatic N) is 3. The summed E-state index contributed by atoms with van der Waals surface area (Å²) in [4.78, 5) is 31.5. The molecule has 2 aromatic rings. The summed E-state index contributed by atoms with van der Waals surface area (Å²) in [7, 11) is 0. The van der Waals surface area contributed by atoms with Crippen LogP contribution in [0.3, 0.4) is 0 Å². The summed E-state index contributed by atoms with van der Waals surface area (Å²) in [5.41, 5.74) is 6.91. The summed E-state index contributed by atoms with van der Waals surface area (Å²) in [5.74, 6) is -0.775. The number of nitrogens with two attached hydrogens (primary N) is 1. The molecule has 1 amide bonds. The number of nitrogens with one attached hydrogen (secondary N) is 1. The summed E-state index contributed by atoms with van der Waals surface area (Å²) in [5, 5.41) is 11.7. The van der Waals surface area contributed by atoms with Gasteiger partial charge < -0.3 is 15.8 Å². The van der Waals surface area contributed by atoms with E-state index < -0.39 is 5.97 Å². The van der Waals surface area contributed by atoms with Crippen molar-refractivity contribution in [1.29, 1.82) is 5.26 Å². The monoisotopic (exact) mass is 357 g/mol. The Morgan fingerprint density at radius 2 is 2.08 bits per heavy atom. The molecule has 9 heteroatoms. The average Bonchev–Trinajstić information content (AvgIpc) is 2.61. The first-order valence-electron chi connectivity index (χ1n) is 7.26. The highest BCUT2D eigenvalue weighted by Gasteiger charge is 2.14. The number of hydrogen-bond acceptors (Lipinski definition) is 8.